The standard InChI is InChI=1S/C21H22ClFN6O/c1-13-3-4-15(11-14(13)2)24-19-26-20(25-16-5-6-18(23)17(22)12-16)28-21(27-19)29-7-9-30-10-8-29/h3-6,11-12H,7-10H2,1-2H3,(H2,24,25,26,27,28). The molecule has 7 nitrogen and oxygen atoms in total. The maximum absolute atomic E-state index is 13.5. The number of ether oxygens (including phenoxy) is 1. The lowest BCUT2D eigenvalue weighted by Gasteiger charge is -2.27. The predicted octanol–water partition coefficient (Wildman–Crippen LogP) is 4.60. The molecule has 4 rings (SSSR count). The first-order valence-electron chi connectivity index (χ1n) is 9.63. The van der Waals surface area contributed by atoms with Crippen LogP contribution < -0.4 is 15.5 Å². The van der Waals surface area contributed by atoms with E-state index in [0.717, 1.165) is 5.69 Å². The Labute approximate surface area is 179 Å². The monoisotopic (exact) mass is 428 g/mol. The molecular weight excluding hydrogens is 407 g/mol. The Bertz CT molecular complexity index is 986. The smallest absolute Gasteiger partial charge is 0.233 e. The summed E-state index contributed by atoms with van der Waals surface area (Å²) in [6.07, 6.45) is 0. The van der Waals surface area contributed by atoms with E-state index in [9.17, 15) is 4.39 Å². The summed E-state index contributed by atoms with van der Waals surface area (Å²) in [4.78, 5) is 15.7. The number of halogens is 2. The number of nitrogens with one attached hydrogen (secondary N) is 2. The second-order valence-corrected chi connectivity index (χ2v) is 7.47. The summed E-state index contributed by atoms with van der Waals surface area (Å²) in [6.45, 7) is 6.72. The van der Waals surface area contributed by atoms with Crippen molar-refractivity contribution in [3.63, 3.8) is 0 Å². The van der Waals surface area contributed by atoms with Crippen molar-refractivity contribution in [2.45, 2.75) is 13.8 Å². The molecule has 156 valence electrons. The van der Waals surface area contributed by atoms with Gasteiger partial charge in [-0.15, -0.1) is 0 Å². The highest BCUT2D eigenvalue weighted by atomic mass is 35.5. The maximum Gasteiger partial charge on any atom is 0.233 e. The third-order valence-corrected chi connectivity index (χ3v) is 5.15. The van der Waals surface area contributed by atoms with Crippen LogP contribution in [0.3, 0.4) is 0 Å². The van der Waals surface area contributed by atoms with Gasteiger partial charge in [0.2, 0.25) is 17.8 Å². The topological polar surface area (TPSA) is 75.2 Å². The van der Waals surface area contributed by atoms with Gasteiger partial charge in [0, 0.05) is 24.5 Å². The number of anilines is 5. The average molecular weight is 429 g/mol. The van der Waals surface area contributed by atoms with Crippen LogP contribution in [0.4, 0.5) is 33.6 Å². The van der Waals surface area contributed by atoms with Crippen molar-refractivity contribution in [2.24, 2.45) is 0 Å². The summed E-state index contributed by atoms with van der Waals surface area (Å²) in [7, 11) is 0. The first kappa shape index (κ1) is 20.3. The normalized spacial score (nSPS) is 13.9. The van der Waals surface area contributed by atoms with Gasteiger partial charge < -0.3 is 20.3 Å². The Kier molecular flexibility index (Phi) is 5.96. The Balaban J connectivity index is 1.66. The highest BCUT2D eigenvalue weighted by Gasteiger charge is 2.17. The van der Waals surface area contributed by atoms with E-state index in [1.807, 2.05) is 23.1 Å². The molecule has 0 spiro atoms. The van der Waals surface area contributed by atoms with E-state index in [1.54, 1.807) is 6.07 Å². The zero-order valence-corrected chi connectivity index (χ0v) is 17.5. The highest BCUT2D eigenvalue weighted by molar-refractivity contribution is 6.31. The molecule has 0 aliphatic carbocycles. The number of aryl methyl sites for hydroxylation is 2. The van der Waals surface area contributed by atoms with E-state index >= 15 is 0 Å². The van der Waals surface area contributed by atoms with Crippen molar-refractivity contribution >= 4 is 40.8 Å². The number of hydrogen-bond acceptors (Lipinski definition) is 7. The van der Waals surface area contributed by atoms with Crippen LogP contribution in [0.5, 0.6) is 0 Å². The van der Waals surface area contributed by atoms with Crippen LogP contribution in [0.15, 0.2) is 36.4 Å². The summed E-state index contributed by atoms with van der Waals surface area (Å²) < 4.78 is 18.9. The zero-order chi connectivity index (χ0) is 21.1. The fourth-order valence-corrected chi connectivity index (χ4v) is 3.21. The van der Waals surface area contributed by atoms with Gasteiger partial charge in [-0.3, -0.25) is 0 Å². The summed E-state index contributed by atoms with van der Waals surface area (Å²) >= 11 is 5.90. The van der Waals surface area contributed by atoms with Crippen LogP contribution in [0.2, 0.25) is 5.02 Å². The van der Waals surface area contributed by atoms with Crippen LogP contribution in [-0.4, -0.2) is 41.3 Å². The van der Waals surface area contributed by atoms with E-state index in [1.165, 1.54) is 23.3 Å². The second kappa shape index (κ2) is 8.81. The van der Waals surface area contributed by atoms with E-state index < -0.39 is 5.82 Å². The van der Waals surface area contributed by atoms with E-state index in [-0.39, 0.29) is 5.02 Å². The van der Waals surface area contributed by atoms with E-state index in [0.29, 0.717) is 49.8 Å². The van der Waals surface area contributed by atoms with Crippen molar-refractivity contribution in [1.82, 2.24) is 15.0 Å². The largest absolute Gasteiger partial charge is 0.378 e. The SMILES string of the molecule is Cc1ccc(Nc2nc(Nc3ccc(F)c(Cl)c3)nc(N3CCOCC3)n2)cc1C. The van der Waals surface area contributed by atoms with Crippen molar-refractivity contribution in [3.05, 3.63) is 58.4 Å². The first-order chi connectivity index (χ1) is 14.5. The van der Waals surface area contributed by atoms with Crippen LogP contribution >= 0.6 is 11.6 Å². The van der Waals surface area contributed by atoms with Crippen molar-refractivity contribution in [1.29, 1.82) is 0 Å². The van der Waals surface area contributed by atoms with Gasteiger partial charge in [-0.2, -0.15) is 15.0 Å². The van der Waals surface area contributed by atoms with Gasteiger partial charge in [0.05, 0.1) is 18.2 Å². The van der Waals surface area contributed by atoms with Crippen molar-refractivity contribution in [3.8, 4) is 0 Å². The fraction of sp³-hybridized carbons (Fsp3) is 0.286. The summed E-state index contributed by atoms with van der Waals surface area (Å²) in [5, 5.41) is 6.36. The van der Waals surface area contributed by atoms with E-state index in [4.69, 9.17) is 16.3 Å². The molecule has 1 aromatic heterocycles. The average Bonchev–Trinajstić information content (AvgIpc) is 2.74. The molecule has 2 N–H and O–H groups in total. The molecule has 30 heavy (non-hydrogen) atoms. The molecule has 1 fully saturated rings. The Morgan fingerprint density at radius 3 is 2.17 bits per heavy atom. The van der Waals surface area contributed by atoms with Gasteiger partial charge in [0.25, 0.3) is 0 Å². The Morgan fingerprint density at radius 2 is 1.53 bits per heavy atom. The molecule has 3 aromatic rings. The Morgan fingerprint density at radius 1 is 0.900 bits per heavy atom. The van der Waals surface area contributed by atoms with Crippen molar-refractivity contribution in [2.75, 3.05) is 41.8 Å². The summed E-state index contributed by atoms with van der Waals surface area (Å²) in [5.41, 5.74) is 3.84. The first-order valence-corrected chi connectivity index (χ1v) is 10.0. The number of rotatable bonds is 5. The molecular formula is C21H22ClFN6O. The van der Waals surface area contributed by atoms with Gasteiger partial charge in [0.15, 0.2) is 0 Å². The molecule has 2 heterocycles. The third kappa shape index (κ3) is 4.77. The lowest BCUT2D eigenvalue weighted by Crippen LogP contribution is -2.37. The molecule has 1 aliphatic rings. The lowest BCUT2D eigenvalue weighted by atomic mass is 10.1. The quantitative estimate of drug-likeness (QED) is 0.614. The maximum atomic E-state index is 13.5. The van der Waals surface area contributed by atoms with Crippen LogP contribution in [0, 0.1) is 19.7 Å². The number of aromatic nitrogens is 3. The summed E-state index contributed by atoms with van der Waals surface area (Å²) in [6, 6.07) is 10.4. The van der Waals surface area contributed by atoms with Crippen LogP contribution in [-0.2, 0) is 4.74 Å². The number of nitrogens with zero attached hydrogens (tertiary/aromatic N) is 4. The fourth-order valence-electron chi connectivity index (χ4n) is 3.03. The van der Waals surface area contributed by atoms with Gasteiger partial charge in [0.1, 0.15) is 5.82 Å². The molecule has 0 saturated carbocycles. The molecule has 0 amide bonds. The van der Waals surface area contributed by atoms with Gasteiger partial charge >= 0.3 is 0 Å². The minimum Gasteiger partial charge on any atom is -0.378 e. The number of hydrogen-bond donors (Lipinski definition) is 2. The second-order valence-electron chi connectivity index (χ2n) is 7.06. The summed E-state index contributed by atoms with van der Waals surface area (Å²) in [5.74, 6) is 0.797. The third-order valence-electron chi connectivity index (χ3n) is 4.86. The molecule has 0 radical (unpaired) electrons. The van der Waals surface area contributed by atoms with Gasteiger partial charge in [-0.25, -0.2) is 4.39 Å². The minimum atomic E-state index is -0.482. The van der Waals surface area contributed by atoms with Gasteiger partial charge in [-0.05, 0) is 55.3 Å². The van der Waals surface area contributed by atoms with Crippen LogP contribution in [0.25, 0.3) is 0 Å². The molecule has 0 bridgehead atoms. The molecule has 1 aliphatic heterocycles. The number of benzene rings is 2. The Hall–Kier alpha value is -2.97. The predicted molar refractivity (Wildman–Crippen MR) is 117 cm³/mol. The highest BCUT2D eigenvalue weighted by Crippen LogP contribution is 2.24. The number of morpholine rings is 1. The minimum absolute atomic E-state index is 0.0240. The van der Waals surface area contributed by atoms with Gasteiger partial charge in [-0.1, -0.05) is 17.7 Å². The molecule has 0 atom stereocenters. The lowest BCUT2D eigenvalue weighted by molar-refractivity contribution is 0.122. The molecule has 2 aromatic carbocycles. The molecule has 1 saturated heterocycles. The molecule has 9 heteroatoms. The van der Waals surface area contributed by atoms with Crippen LogP contribution in [0.1, 0.15) is 11.1 Å². The van der Waals surface area contributed by atoms with Crippen molar-refractivity contribution < 1.29 is 9.13 Å². The van der Waals surface area contributed by atoms with E-state index in [2.05, 4.69) is 39.4 Å². The molecule has 0 unspecified atom stereocenters. The zero-order valence-electron chi connectivity index (χ0n) is 16.7.